The van der Waals surface area contributed by atoms with Gasteiger partial charge in [0.2, 0.25) is 0 Å². The van der Waals surface area contributed by atoms with Gasteiger partial charge < -0.3 is 14.6 Å². The Balaban J connectivity index is 1.74. The summed E-state index contributed by atoms with van der Waals surface area (Å²) in [4.78, 5) is 33.8. The summed E-state index contributed by atoms with van der Waals surface area (Å²) in [6.45, 7) is 5.98. The second-order valence-electron chi connectivity index (χ2n) is 6.75. The summed E-state index contributed by atoms with van der Waals surface area (Å²) in [5.74, 6) is 0.937. The van der Waals surface area contributed by atoms with E-state index in [-0.39, 0.29) is 30.7 Å². The summed E-state index contributed by atoms with van der Waals surface area (Å²) in [7, 11) is 0. The van der Waals surface area contributed by atoms with E-state index in [0.717, 1.165) is 5.56 Å². The Morgan fingerprint density at radius 2 is 1.85 bits per heavy atom. The van der Waals surface area contributed by atoms with E-state index in [0.29, 0.717) is 22.5 Å². The molecule has 2 aromatic carbocycles. The third-order valence-corrected chi connectivity index (χ3v) is 4.31. The first-order valence-electron chi connectivity index (χ1n) is 8.91. The van der Waals surface area contributed by atoms with E-state index in [9.17, 15) is 9.59 Å². The van der Waals surface area contributed by atoms with Gasteiger partial charge >= 0.3 is 0 Å². The third kappa shape index (κ3) is 4.53. The molecule has 0 aliphatic carbocycles. The minimum atomic E-state index is -0.206. The fourth-order valence-electron chi connectivity index (χ4n) is 2.79. The highest BCUT2D eigenvalue weighted by Gasteiger charge is 2.19. The van der Waals surface area contributed by atoms with Gasteiger partial charge in [-0.15, -0.1) is 0 Å². The van der Waals surface area contributed by atoms with Crippen LogP contribution in [0, 0.1) is 6.92 Å². The van der Waals surface area contributed by atoms with Crippen molar-refractivity contribution in [3.05, 3.63) is 70.3 Å². The van der Waals surface area contributed by atoms with Crippen molar-refractivity contribution in [1.29, 1.82) is 0 Å². The number of hydrogen-bond donors (Lipinski definition) is 1. The Bertz CT molecular complexity index is 993. The number of benzene rings is 2. The van der Waals surface area contributed by atoms with Gasteiger partial charge in [0.25, 0.3) is 11.5 Å². The number of H-pyrrole nitrogens is 1. The zero-order valence-corrected chi connectivity index (χ0v) is 15.7. The van der Waals surface area contributed by atoms with E-state index in [1.165, 1.54) is 0 Å². The average Bonchev–Trinajstić information content (AvgIpc) is 2.65. The van der Waals surface area contributed by atoms with E-state index in [4.69, 9.17) is 4.74 Å². The summed E-state index contributed by atoms with van der Waals surface area (Å²) in [5.41, 5.74) is 1.54. The van der Waals surface area contributed by atoms with Crippen molar-refractivity contribution in [2.45, 2.75) is 33.4 Å². The number of aromatic nitrogens is 2. The highest BCUT2D eigenvalue weighted by molar-refractivity contribution is 5.79. The predicted octanol–water partition coefficient (Wildman–Crippen LogP) is 3.05. The maximum Gasteiger partial charge on any atom is 0.261 e. The molecule has 3 aromatic rings. The molecule has 0 saturated heterocycles. The van der Waals surface area contributed by atoms with Crippen LogP contribution >= 0.6 is 0 Å². The molecule has 0 radical (unpaired) electrons. The molecule has 27 heavy (non-hydrogen) atoms. The number of rotatable bonds is 6. The lowest BCUT2D eigenvalue weighted by Crippen LogP contribution is -2.40. The second kappa shape index (κ2) is 8.03. The Labute approximate surface area is 157 Å². The number of amides is 1. The summed E-state index contributed by atoms with van der Waals surface area (Å²) in [6, 6.07) is 14.6. The first kappa shape index (κ1) is 18.6. The van der Waals surface area contributed by atoms with Crippen LogP contribution in [0.4, 0.5) is 0 Å². The number of para-hydroxylation sites is 1. The smallest absolute Gasteiger partial charge is 0.261 e. The molecule has 0 atom stereocenters. The van der Waals surface area contributed by atoms with Crippen LogP contribution in [-0.4, -0.2) is 33.4 Å². The molecule has 1 amide bonds. The Kier molecular flexibility index (Phi) is 5.54. The largest absolute Gasteiger partial charge is 0.484 e. The minimum Gasteiger partial charge on any atom is -0.484 e. The van der Waals surface area contributed by atoms with E-state index in [2.05, 4.69) is 9.97 Å². The van der Waals surface area contributed by atoms with Crippen LogP contribution in [0.5, 0.6) is 5.75 Å². The predicted molar refractivity (Wildman–Crippen MR) is 105 cm³/mol. The molecule has 140 valence electrons. The molecule has 0 bridgehead atoms. The molecular formula is C21H23N3O3. The van der Waals surface area contributed by atoms with Crippen molar-refractivity contribution in [2.75, 3.05) is 6.61 Å². The number of nitrogens with one attached hydrogen (secondary N) is 1. The van der Waals surface area contributed by atoms with Crippen LogP contribution in [0.1, 0.15) is 25.2 Å². The van der Waals surface area contributed by atoms with E-state index >= 15 is 0 Å². The first-order chi connectivity index (χ1) is 12.9. The fraction of sp³-hybridized carbons (Fsp3) is 0.286. The molecule has 1 N–H and O–H groups in total. The van der Waals surface area contributed by atoms with Crippen LogP contribution < -0.4 is 10.3 Å². The van der Waals surface area contributed by atoms with Gasteiger partial charge in [-0.25, -0.2) is 4.98 Å². The molecule has 6 heteroatoms. The average molecular weight is 365 g/mol. The van der Waals surface area contributed by atoms with Crippen LogP contribution in [0.2, 0.25) is 0 Å². The Morgan fingerprint density at radius 1 is 1.15 bits per heavy atom. The number of aromatic amines is 1. The molecule has 3 rings (SSSR count). The monoisotopic (exact) mass is 365 g/mol. The van der Waals surface area contributed by atoms with Gasteiger partial charge in [0.05, 0.1) is 17.4 Å². The first-order valence-corrected chi connectivity index (χ1v) is 8.91. The number of ether oxygens (including phenoxy) is 1. The van der Waals surface area contributed by atoms with Gasteiger partial charge in [0.1, 0.15) is 11.6 Å². The van der Waals surface area contributed by atoms with Crippen molar-refractivity contribution in [1.82, 2.24) is 14.9 Å². The highest BCUT2D eigenvalue weighted by Crippen LogP contribution is 2.13. The molecule has 1 heterocycles. The highest BCUT2D eigenvalue weighted by atomic mass is 16.5. The van der Waals surface area contributed by atoms with Crippen molar-refractivity contribution in [3.8, 4) is 5.75 Å². The summed E-state index contributed by atoms with van der Waals surface area (Å²) in [6.07, 6.45) is 0. The maximum atomic E-state index is 12.7. The van der Waals surface area contributed by atoms with Gasteiger partial charge in [-0.2, -0.15) is 0 Å². The molecule has 6 nitrogen and oxygen atoms in total. The van der Waals surface area contributed by atoms with Crippen molar-refractivity contribution in [2.24, 2.45) is 0 Å². The summed E-state index contributed by atoms with van der Waals surface area (Å²) in [5, 5.41) is 0.534. The summed E-state index contributed by atoms with van der Waals surface area (Å²) >= 11 is 0. The minimum absolute atomic E-state index is 0.0594. The third-order valence-electron chi connectivity index (χ3n) is 4.31. The lowest BCUT2D eigenvalue weighted by molar-refractivity contribution is -0.135. The standard InChI is InChI=1S/C21H23N3O3/c1-14(2)24(20(25)13-27-16-10-8-15(3)9-11-16)12-19-22-18-7-5-4-6-17(18)21(26)23-19/h4-11,14H,12-13H2,1-3H3,(H,22,23,26). The Hall–Kier alpha value is -3.15. The zero-order valence-electron chi connectivity index (χ0n) is 15.7. The molecule has 0 saturated carbocycles. The Morgan fingerprint density at radius 3 is 2.56 bits per heavy atom. The zero-order chi connectivity index (χ0) is 19.4. The number of fused-ring (bicyclic) bond motifs is 1. The topological polar surface area (TPSA) is 75.3 Å². The number of nitrogens with zero attached hydrogens (tertiary/aromatic N) is 2. The molecule has 0 aliphatic rings. The van der Waals surface area contributed by atoms with E-state index in [1.54, 1.807) is 23.1 Å². The normalized spacial score (nSPS) is 11.0. The van der Waals surface area contributed by atoms with Gasteiger partial charge in [0.15, 0.2) is 6.61 Å². The van der Waals surface area contributed by atoms with E-state index in [1.807, 2.05) is 51.1 Å². The van der Waals surface area contributed by atoms with Crippen LogP contribution in [0.25, 0.3) is 10.9 Å². The van der Waals surface area contributed by atoms with Gasteiger partial charge in [-0.3, -0.25) is 9.59 Å². The number of hydrogen-bond acceptors (Lipinski definition) is 4. The number of aryl methyl sites for hydroxylation is 1. The van der Waals surface area contributed by atoms with Gasteiger partial charge in [-0.05, 0) is 45.0 Å². The van der Waals surface area contributed by atoms with Crippen LogP contribution in [-0.2, 0) is 11.3 Å². The van der Waals surface area contributed by atoms with E-state index < -0.39 is 0 Å². The second-order valence-corrected chi connectivity index (χ2v) is 6.75. The molecule has 0 spiro atoms. The van der Waals surface area contributed by atoms with Crippen molar-refractivity contribution < 1.29 is 9.53 Å². The number of carbonyl (C=O) groups is 1. The lowest BCUT2D eigenvalue weighted by Gasteiger charge is -2.26. The molecule has 1 aromatic heterocycles. The maximum absolute atomic E-state index is 12.7. The summed E-state index contributed by atoms with van der Waals surface area (Å²) < 4.78 is 5.60. The van der Waals surface area contributed by atoms with Gasteiger partial charge in [0, 0.05) is 6.04 Å². The SMILES string of the molecule is Cc1ccc(OCC(=O)N(Cc2nc3ccccc3c(=O)[nH]2)C(C)C)cc1. The van der Waals surface area contributed by atoms with Crippen molar-refractivity contribution in [3.63, 3.8) is 0 Å². The van der Waals surface area contributed by atoms with Crippen LogP contribution in [0.3, 0.4) is 0 Å². The quantitative estimate of drug-likeness (QED) is 0.728. The lowest BCUT2D eigenvalue weighted by atomic mass is 10.2. The fourth-order valence-corrected chi connectivity index (χ4v) is 2.79. The molecule has 0 fully saturated rings. The number of carbonyl (C=O) groups excluding carboxylic acids is 1. The molecule has 0 unspecified atom stereocenters. The van der Waals surface area contributed by atoms with Crippen molar-refractivity contribution >= 4 is 16.8 Å². The van der Waals surface area contributed by atoms with Crippen LogP contribution in [0.15, 0.2) is 53.3 Å². The molecular weight excluding hydrogens is 342 g/mol. The molecule has 0 aliphatic heterocycles. The van der Waals surface area contributed by atoms with Gasteiger partial charge in [-0.1, -0.05) is 29.8 Å².